The van der Waals surface area contributed by atoms with E-state index >= 15 is 0 Å². The highest BCUT2D eigenvalue weighted by molar-refractivity contribution is 6.31. The van der Waals surface area contributed by atoms with E-state index in [1.165, 1.54) is 0 Å². The van der Waals surface area contributed by atoms with Crippen molar-refractivity contribution >= 4 is 23.1 Å². The van der Waals surface area contributed by atoms with E-state index < -0.39 is 5.54 Å². The Labute approximate surface area is 171 Å². The molecule has 1 aliphatic carbocycles. The van der Waals surface area contributed by atoms with Crippen LogP contribution in [0.4, 0.5) is 0 Å². The molecule has 1 heterocycles. The molecular weight excluding hydrogens is 378 g/mol. The van der Waals surface area contributed by atoms with Gasteiger partial charge < -0.3 is 20.3 Å². The molecule has 0 aromatic heterocycles. The fourth-order valence-corrected chi connectivity index (χ4v) is 4.43. The van der Waals surface area contributed by atoms with Crippen LogP contribution in [-0.2, 0) is 11.2 Å². The summed E-state index contributed by atoms with van der Waals surface area (Å²) in [6.45, 7) is 6.74. The summed E-state index contributed by atoms with van der Waals surface area (Å²) in [5.41, 5.74) is 1.08. The number of carbonyl (C=O) groups excluding carboxylic acids is 1. The molecule has 0 unspecified atom stereocenters. The summed E-state index contributed by atoms with van der Waals surface area (Å²) in [4.78, 5) is 13.0. The van der Waals surface area contributed by atoms with E-state index in [2.05, 4.69) is 19.2 Å². The minimum absolute atomic E-state index is 0.0975. The number of nitrogens with one attached hydrogen (secondary N) is 1. The Bertz CT molecular complexity index is 779. The van der Waals surface area contributed by atoms with Gasteiger partial charge in [0.1, 0.15) is 11.5 Å². The smallest absolute Gasteiger partial charge is 0.256 e. The number of amides is 1. The van der Waals surface area contributed by atoms with E-state index in [1.807, 2.05) is 13.0 Å². The van der Waals surface area contributed by atoms with Crippen molar-refractivity contribution in [1.29, 1.82) is 0 Å². The van der Waals surface area contributed by atoms with Crippen LogP contribution < -0.4 is 10.1 Å². The molecule has 1 aromatic carbocycles. The minimum Gasteiger partial charge on any atom is -0.509 e. The molecule has 0 bridgehead atoms. The van der Waals surface area contributed by atoms with Crippen LogP contribution >= 0.6 is 11.6 Å². The number of carbonyl (C=O) groups is 1. The first-order valence-electron chi connectivity index (χ1n) is 10.1. The zero-order valence-corrected chi connectivity index (χ0v) is 17.6. The van der Waals surface area contributed by atoms with E-state index in [0.29, 0.717) is 53.7 Å². The monoisotopic (exact) mass is 407 g/mol. The maximum absolute atomic E-state index is 13.0. The van der Waals surface area contributed by atoms with Crippen LogP contribution in [0.3, 0.4) is 0 Å². The van der Waals surface area contributed by atoms with Gasteiger partial charge in [0.2, 0.25) is 0 Å². The van der Waals surface area contributed by atoms with E-state index in [0.717, 1.165) is 18.4 Å². The van der Waals surface area contributed by atoms with Gasteiger partial charge in [-0.1, -0.05) is 32.4 Å². The van der Waals surface area contributed by atoms with Crippen LogP contribution in [-0.4, -0.2) is 34.9 Å². The Balaban J connectivity index is 2.07. The Kier molecular flexibility index (Phi) is 6.25. The number of aliphatic hydroxyl groups is 2. The average molecular weight is 408 g/mol. The zero-order chi connectivity index (χ0) is 20.5. The largest absolute Gasteiger partial charge is 0.509 e. The van der Waals surface area contributed by atoms with Crippen molar-refractivity contribution in [3.63, 3.8) is 0 Å². The van der Waals surface area contributed by atoms with Gasteiger partial charge in [0.05, 0.1) is 17.7 Å². The average Bonchev–Trinajstić information content (AvgIpc) is 2.90. The van der Waals surface area contributed by atoms with Gasteiger partial charge in [-0.15, -0.1) is 0 Å². The van der Waals surface area contributed by atoms with Crippen molar-refractivity contribution in [2.24, 2.45) is 11.8 Å². The molecule has 1 amide bonds. The SMILES string of the molecule is CCc1cc(Cl)cc(OCC(C)C)c1C1=C(O)C2(CCC(CO)CC2)NC1=O. The maximum atomic E-state index is 13.0. The molecule has 0 radical (unpaired) electrons. The topological polar surface area (TPSA) is 78.8 Å². The van der Waals surface area contributed by atoms with Crippen molar-refractivity contribution in [3.8, 4) is 5.75 Å². The second-order valence-corrected chi connectivity index (χ2v) is 8.82. The van der Waals surface area contributed by atoms with Crippen molar-refractivity contribution in [2.75, 3.05) is 13.2 Å². The first kappa shape index (κ1) is 21.0. The summed E-state index contributed by atoms with van der Waals surface area (Å²) < 4.78 is 6.00. The first-order chi connectivity index (χ1) is 13.3. The summed E-state index contributed by atoms with van der Waals surface area (Å²) in [6, 6.07) is 3.56. The summed E-state index contributed by atoms with van der Waals surface area (Å²) in [6.07, 6.45) is 3.45. The molecule has 3 N–H and O–H groups in total. The Morgan fingerprint density at radius 1 is 1.32 bits per heavy atom. The second kappa shape index (κ2) is 8.34. The predicted octanol–water partition coefficient (Wildman–Crippen LogP) is 4.26. The zero-order valence-electron chi connectivity index (χ0n) is 16.8. The first-order valence-corrected chi connectivity index (χ1v) is 10.5. The lowest BCUT2D eigenvalue weighted by molar-refractivity contribution is -0.116. The van der Waals surface area contributed by atoms with E-state index in [4.69, 9.17) is 16.3 Å². The third-order valence-electron chi connectivity index (χ3n) is 5.84. The molecule has 1 fully saturated rings. The van der Waals surface area contributed by atoms with Gasteiger partial charge in [-0.05, 0) is 61.6 Å². The molecule has 6 heteroatoms. The van der Waals surface area contributed by atoms with E-state index in [9.17, 15) is 15.0 Å². The molecule has 1 aromatic rings. The lowest BCUT2D eigenvalue weighted by Gasteiger charge is -2.36. The Morgan fingerprint density at radius 3 is 2.57 bits per heavy atom. The molecule has 154 valence electrons. The van der Waals surface area contributed by atoms with E-state index in [-0.39, 0.29) is 24.2 Å². The molecule has 0 saturated heterocycles. The number of hydrogen-bond acceptors (Lipinski definition) is 4. The molecule has 0 atom stereocenters. The molecule has 1 spiro atoms. The van der Waals surface area contributed by atoms with Gasteiger partial charge in [0.25, 0.3) is 5.91 Å². The van der Waals surface area contributed by atoms with Crippen LogP contribution in [0.5, 0.6) is 5.75 Å². The maximum Gasteiger partial charge on any atom is 0.256 e. The third-order valence-corrected chi connectivity index (χ3v) is 6.06. The summed E-state index contributed by atoms with van der Waals surface area (Å²) in [7, 11) is 0. The van der Waals surface area contributed by atoms with Gasteiger partial charge in [0, 0.05) is 17.2 Å². The number of rotatable bonds is 6. The van der Waals surface area contributed by atoms with Crippen molar-refractivity contribution in [1.82, 2.24) is 5.32 Å². The highest BCUT2D eigenvalue weighted by Gasteiger charge is 2.48. The number of aryl methyl sites for hydroxylation is 1. The van der Waals surface area contributed by atoms with Crippen LogP contribution in [0, 0.1) is 11.8 Å². The number of ether oxygens (including phenoxy) is 1. The summed E-state index contributed by atoms with van der Waals surface area (Å²) >= 11 is 6.29. The summed E-state index contributed by atoms with van der Waals surface area (Å²) in [5, 5.41) is 24.2. The van der Waals surface area contributed by atoms with Crippen LogP contribution in [0.1, 0.15) is 57.6 Å². The molecular formula is C22H30ClNO4. The quantitative estimate of drug-likeness (QED) is 0.658. The Morgan fingerprint density at radius 2 is 2.00 bits per heavy atom. The molecule has 3 rings (SSSR count). The molecule has 1 saturated carbocycles. The molecule has 2 aliphatic rings. The van der Waals surface area contributed by atoms with Crippen molar-refractivity contribution in [3.05, 3.63) is 34.0 Å². The highest BCUT2D eigenvalue weighted by atomic mass is 35.5. The molecule has 1 aliphatic heterocycles. The number of benzene rings is 1. The van der Waals surface area contributed by atoms with Gasteiger partial charge in [0.15, 0.2) is 0 Å². The van der Waals surface area contributed by atoms with Gasteiger partial charge >= 0.3 is 0 Å². The highest BCUT2D eigenvalue weighted by Crippen LogP contribution is 2.45. The number of hydrogen-bond donors (Lipinski definition) is 3. The van der Waals surface area contributed by atoms with Gasteiger partial charge in [-0.25, -0.2) is 0 Å². The normalized spacial score (nSPS) is 24.9. The van der Waals surface area contributed by atoms with Crippen LogP contribution in [0.2, 0.25) is 5.02 Å². The van der Waals surface area contributed by atoms with Crippen molar-refractivity contribution < 1.29 is 19.7 Å². The van der Waals surface area contributed by atoms with Gasteiger partial charge in [-0.3, -0.25) is 4.79 Å². The lowest BCUT2D eigenvalue weighted by atomic mass is 9.76. The lowest BCUT2D eigenvalue weighted by Crippen LogP contribution is -2.47. The molecule has 28 heavy (non-hydrogen) atoms. The minimum atomic E-state index is -0.738. The molecule has 5 nitrogen and oxygen atoms in total. The third kappa shape index (κ3) is 3.87. The fourth-order valence-electron chi connectivity index (χ4n) is 4.20. The van der Waals surface area contributed by atoms with Crippen LogP contribution in [0.25, 0.3) is 5.57 Å². The Hall–Kier alpha value is -1.72. The summed E-state index contributed by atoms with van der Waals surface area (Å²) in [5.74, 6) is 0.908. The number of aliphatic hydroxyl groups excluding tert-OH is 2. The van der Waals surface area contributed by atoms with E-state index in [1.54, 1.807) is 6.07 Å². The predicted molar refractivity (Wildman–Crippen MR) is 111 cm³/mol. The number of halogens is 1. The van der Waals surface area contributed by atoms with Crippen molar-refractivity contribution in [2.45, 2.75) is 58.4 Å². The van der Waals surface area contributed by atoms with Gasteiger partial charge in [-0.2, -0.15) is 0 Å². The fraction of sp³-hybridized carbons (Fsp3) is 0.591. The van der Waals surface area contributed by atoms with Crippen LogP contribution in [0.15, 0.2) is 17.9 Å². The standard InChI is InChI=1S/C22H30ClNO4/c1-4-15-9-16(23)10-17(28-12-13(2)3)18(15)19-20(26)22(24-21(19)27)7-5-14(11-25)6-8-22/h9-10,13-14,25-26H,4-8,11-12H2,1-3H3,(H,24,27). The second-order valence-electron chi connectivity index (χ2n) is 8.38.